The lowest BCUT2D eigenvalue weighted by atomic mass is 9.81. The van der Waals surface area contributed by atoms with Crippen molar-refractivity contribution in [2.24, 2.45) is 23.7 Å². The molecule has 144 valence electrons. The number of rotatable bonds is 5. The van der Waals surface area contributed by atoms with E-state index < -0.39 is 0 Å². The topological polar surface area (TPSA) is 63.7 Å². The fourth-order valence-electron chi connectivity index (χ4n) is 4.74. The van der Waals surface area contributed by atoms with Crippen LogP contribution >= 0.6 is 31.9 Å². The highest BCUT2D eigenvalue weighted by atomic mass is 79.9. The molecule has 2 bridgehead atoms. The number of hydrogen-bond acceptors (Lipinski definition) is 4. The molecule has 0 unspecified atom stereocenters. The molecule has 2 aliphatic carbocycles. The Hall–Kier alpha value is -1.21. The van der Waals surface area contributed by atoms with Crippen LogP contribution in [-0.4, -0.2) is 34.0 Å². The van der Waals surface area contributed by atoms with E-state index in [0.29, 0.717) is 17.9 Å². The molecular weight excluding hydrogens is 478 g/mol. The Bertz CT molecular complexity index is 749. The van der Waals surface area contributed by atoms with E-state index in [9.17, 15) is 14.4 Å². The van der Waals surface area contributed by atoms with Crippen molar-refractivity contribution in [2.45, 2.75) is 35.8 Å². The van der Waals surface area contributed by atoms with Gasteiger partial charge < -0.3 is 4.74 Å². The normalized spacial score (nSPS) is 34.3. The average Bonchev–Trinajstić information content (AvgIpc) is 3.27. The molecule has 27 heavy (non-hydrogen) atoms. The van der Waals surface area contributed by atoms with E-state index in [-0.39, 0.29) is 51.1 Å². The second kappa shape index (κ2) is 7.32. The molecule has 5 nitrogen and oxygen atoms in total. The van der Waals surface area contributed by atoms with Crippen LogP contribution in [0.15, 0.2) is 24.3 Å². The van der Waals surface area contributed by atoms with Crippen LogP contribution in [0.1, 0.15) is 36.5 Å². The summed E-state index contributed by atoms with van der Waals surface area (Å²) in [7, 11) is 0. The summed E-state index contributed by atoms with van der Waals surface area (Å²) >= 11 is 7.38. The highest BCUT2D eigenvalue weighted by Gasteiger charge is 2.66. The van der Waals surface area contributed by atoms with E-state index >= 15 is 0 Å². The quantitative estimate of drug-likeness (QED) is 0.267. The molecule has 1 saturated heterocycles. The Kier molecular flexibility index (Phi) is 5.18. The first-order valence-corrected chi connectivity index (χ1v) is 11.2. The second-order valence-corrected chi connectivity index (χ2v) is 9.67. The van der Waals surface area contributed by atoms with Crippen molar-refractivity contribution in [3.63, 3.8) is 0 Å². The summed E-state index contributed by atoms with van der Waals surface area (Å²) in [4.78, 5) is 39.8. The molecule has 4 rings (SSSR count). The zero-order valence-corrected chi connectivity index (χ0v) is 18.1. The number of carbonyl (C=O) groups is 3. The fraction of sp³-hybridized carbons (Fsp3) is 0.550. The molecule has 3 fully saturated rings. The van der Waals surface area contributed by atoms with Gasteiger partial charge in [-0.1, -0.05) is 45.2 Å². The highest BCUT2D eigenvalue weighted by molar-refractivity contribution is 9.12. The summed E-state index contributed by atoms with van der Waals surface area (Å²) in [5.74, 6) is -0.691. The molecule has 1 heterocycles. The zero-order chi connectivity index (χ0) is 19.3. The predicted octanol–water partition coefficient (Wildman–Crippen LogP) is 3.93. The van der Waals surface area contributed by atoms with Gasteiger partial charge in [-0.25, -0.2) is 4.79 Å². The Balaban J connectivity index is 1.52. The van der Waals surface area contributed by atoms with Gasteiger partial charge in [0.25, 0.3) is 0 Å². The molecule has 1 aromatic carbocycles. The van der Waals surface area contributed by atoms with Crippen LogP contribution in [-0.2, 0) is 14.3 Å². The van der Waals surface area contributed by atoms with Gasteiger partial charge in [-0.05, 0) is 48.9 Å². The van der Waals surface area contributed by atoms with E-state index in [4.69, 9.17) is 4.74 Å². The first-order chi connectivity index (χ1) is 13.0. The smallest absolute Gasteiger partial charge is 0.338 e. The summed E-state index contributed by atoms with van der Waals surface area (Å²) < 4.78 is 5.20. The van der Waals surface area contributed by atoms with Gasteiger partial charge in [0.05, 0.1) is 29.7 Å². The van der Waals surface area contributed by atoms with Crippen LogP contribution in [0.2, 0.25) is 0 Å². The Morgan fingerprint density at radius 2 is 1.63 bits per heavy atom. The van der Waals surface area contributed by atoms with Crippen molar-refractivity contribution in [2.75, 3.05) is 11.5 Å². The van der Waals surface area contributed by atoms with Crippen LogP contribution in [0.25, 0.3) is 0 Å². The highest BCUT2D eigenvalue weighted by Crippen LogP contribution is 2.60. The van der Waals surface area contributed by atoms with Gasteiger partial charge in [0.15, 0.2) is 0 Å². The van der Waals surface area contributed by atoms with Gasteiger partial charge in [-0.15, -0.1) is 0 Å². The van der Waals surface area contributed by atoms with E-state index in [1.54, 1.807) is 24.3 Å². The maximum Gasteiger partial charge on any atom is 0.338 e. The summed E-state index contributed by atoms with van der Waals surface area (Å²) in [5.41, 5.74) is 0.955. The van der Waals surface area contributed by atoms with Crippen molar-refractivity contribution in [3.8, 4) is 0 Å². The summed E-state index contributed by atoms with van der Waals surface area (Å²) in [5, 5.41) is 0. The van der Waals surface area contributed by atoms with E-state index in [0.717, 1.165) is 19.3 Å². The minimum atomic E-state index is -0.381. The van der Waals surface area contributed by atoms with Crippen molar-refractivity contribution in [1.82, 2.24) is 0 Å². The number of carbonyl (C=O) groups excluding carboxylic acids is 3. The van der Waals surface area contributed by atoms with Gasteiger partial charge in [-0.2, -0.15) is 0 Å². The zero-order valence-electron chi connectivity index (χ0n) is 14.9. The molecule has 0 N–H and O–H groups in total. The maximum absolute atomic E-state index is 13.0. The number of esters is 1. The third-order valence-corrected chi connectivity index (χ3v) is 9.29. The molecule has 2 saturated carbocycles. The van der Waals surface area contributed by atoms with Gasteiger partial charge >= 0.3 is 5.97 Å². The number of halogens is 2. The lowest BCUT2D eigenvalue weighted by molar-refractivity contribution is -0.123. The number of alkyl halides is 2. The largest absolute Gasteiger partial charge is 0.462 e. The average molecular weight is 499 g/mol. The number of benzene rings is 1. The maximum atomic E-state index is 13.0. The number of unbranched alkanes of at least 4 members (excludes halogenated alkanes) is 1. The Morgan fingerprint density at radius 3 is 2.15 bits per heavy atom. The van der Waals surface area contributed by atoms with E-state index in [2.05, 4.69) is 31.9 Å². The Morgan fingerprint density at radius 1 is 1.07 bits per heavy atom. The fourth-order valence-corrected chi connectivity index (χ4v) is 6.62. The standard InChI is InChI=1S/C20H21Br2NO4/c1-2-3-8-27-20(26)10-4-6-11(7-5-10)23-18(24)14-12-9-13(15(14)19(23)25)17(22)16(12)21/h4-7,12-17H,2-3,8-9H2,1H3/t12-,13-,14-,15+,16+,17+/m1/s1. The summed E-state index contributed by atoms with van der Waals surface area (Å²) in [6.45, 7) is 2.43. The third-order valence-electron chi connectivity index (χ3n) is 6.08. The van der Waals surface area contributed by atoms with Crippen LogP contribution in [0.3, 0.4) is 0 Å². The number of nitrogens with zero attached hydrogens (tertiary/aromatic N) is 1. The molecule has 6 atom stereocenters. The number of ether oxygens (including phenoxy) is 1. The molecular formula is C20H21Br2NO4. The first kappa shape index (κ1) is 19.1. The molecule has 7 heteroatoms. The van der Waals surface area contributed by atoms with Crippen LogP contribution in [0, 0.1) is 23.7 Å². The number of anilines is 1. The summed E-state index contributed by atoms with van der Waals surface area (Å²) in [6.07, 6.45) is 2.70. The first-order valence-electron chi connectivity index (χ1n) is 9.38. The molecule has 1 aliphatic heterocycles. The van der Waals surface area contributed by atoms with Crippen molar-refractivity contribution >= 4 is 55.3 Å². The predicted molar refractivity (Wildman–Crippen MR) is 108 cm³/mol. The van der Waals surface area contributed by atoms with E-state index in [1.165, 1.54) is 4.90 Å². The monoisotopic (exact) mass is 497 g/mol. The van der Waals surface area contributed by atoms with E-state index in [1.807, 2.05) is 6.92 Å². The van der Waals surface area contributed by atoms with Crippen molar-refractivity contribution in [1.29, 1.82) is 0 Å². The van der Waals surface area contributed by atoms with Crippen molar-refractivity contribution < 1.29 is 19.1 Å². The number of amides is 2. The van der Waals surface area contributed by atoms with Gasteiger partial charge in [0, 0.05) is 9.65 Å². The minimum absolute atomic E-state index is 0.111. The Labute approximate surface area is 175 Å². The lowest BCUT2D eigenvalue weighted by Crippen LogP contribution is -2.37. The van der Waals surface area contributed by atoms with Crippen LogP contribution in [0.5, 0.6) is 0 Å². The number of imide groups is 1. The number of hydrogen-bond donors (Lipinski definition) is 0. The van der Waals surface area contributed by atoms with Crippen LogP contribution in [0.4, 0.5) is 5.69 Å². The molecule has 0 aromatic heterocycles. The molecule has 2 amide bonds. The third kappa shape index (κ3) is 2.97. The molecule has 1 aromatic rings. The van der Waals surface area contributed by atoms with Gasteiger partial charge in [-0.3, -0.25) is 14.5 Å². The van der Waals surface area contributed by atoms with Crippen molar-refractivity contribution in [3.05, 3.63) is 29.8 Å². The molecule has 0 radical (unpaired) electrons. The molecule has 3 aliphatic rings. The van der Waals surface area contributed by atoms with Gasteiger partial charge in [0.1, 0.15) is 0 Å². The number of fused-ring (bicyclic) bond motifs is 5. The SMILES string of the molecule is CCCCOC(=O)c1ccc(N2C(=O)[C@@H]3[C@H]4C[C@@H]([C@H](Br)[C@H]4Br)[C@@H]3C2=O)cc1. The van der Waals surface area contributed by atoms with Crippen LogP contribution < -0.4 is 4.90 Å². The van der Waals surface area contributed by atoms with Gasteiger partial charge in [0.2, 0.25) is 11.8 Å². The second-order valence-electron chi connectivity index (χ2n) is 7.55. The lowest BCUT2D eigenvalue weighted by Gasteiger charge is -2.28. The molecule has 0 spiro atoms. The summed E-state index contributed by atoms with van der Waals surface area (Å²) in [6, 6.07) is 6.56. The minimum Gasteiger partial charge on any atom is -0.462 e.